The summed E-state index contributed by atoms with van der Waals surface area (Å²) in [6.07, 6.45) is 5.09. The van der Waals surface area contributed by atoms with Crippen molar-refractivity contribution in [2.75, 3.05) is 5.32 Å². The maximum absolute atomic E-state index is 12.3. The quantitative estimate of drug-likeness (QED) is 0.697. The van der Waals surface area contributed by atoms with Crippen LogP contribution in [0.3, 0.4) is 0 Å². The molecule has 1 aliphatic carbocycles. The van der Waals surface area contributed by atoms with Gasteiger partial charge in [0.25, 0.3) is 5.91 Å². The van der Waals surface area contributed by atoms with Crippen molar-refractivity contribution >= 4 is 17.5 Å². The Morgan fingerprint density at radius 3 is 2.74 bits per heavy atom. The standard InChI is InChI=1S/C21H28N4O2/c1-14(2)10-18-12-19(25-24-18)21(27)22-13-15-6-5-9-17(11-15)23-20(26)16-7-3-4-8-16/h5-6,9,11-12,14,16H,3-4,7-8,10,13H2,1-2H3,(H,22,27)(H,23,26)(H,24,25). The molecule has 0 aliphatic heterocycles. The largest absolute Gasteiger partial charge is 0.347 e. The SMILES string of the molecule is CC(C)Cc1cc(C(=O)NCc2cccc(NC(=O)C3CCCC3)c2)n[nH]1. The van der Waals surface area contributed by atoms with Gasteiger partial charge in [0.15, 0.2) is 0 Å². The predicted octanol–water partition coefficient (Wildman–Crippen LogP) is 3.67. The van der Waals surface area contributed by atoms with Crippen molar-refractivity contribution in [1.82, 2.24) is 15.5 Å². The average molecular weight is 368 g/mol. The molecule has 0 radical (unpaired) electrons. The number of aromatic amines is 1. The fraction of sp³-hybridized carbons (Fsp3) is 0.476. The fourth-order valence-electron chi connectivity index (χ4n) is 3.49. The number of benzene rings is 1. The van der Waals surface area contributed by atoms with E-state index in [1.54, 1.807) is 6.07 Å². The highest BCUT2D eigenvalue weighted by atomic mass is 16.2. The van der Waals surface area contributed by atoms with Crippen molar-refractivity contribution in [3.63, 3.8) is 0 Å². The number of anilines is 1. The van der Waals surface area contributed by atoms with Crippen LogP contribution in [0.5, 0.6) is 0 Å². The van der Waals surface area contributed by atoms with Crippen LogP contribution in [-0.4, -0.2) is 22.0 Å². The Kier molecular flexibility index (Phi) is 6.27. The van der Waals surface area contributed by atoms with E-state index in [2.05, 4.69) is 34.7 Å². The van der Waals surface area contributed by atoms with Crippen molar-refractivity contribution in [1.29, 1.82) is 0 Å². The van der Waals surface area contributed by atoms with Gasteiger partial charge in [0.2, 0.25) is 5.91 Å². The molecule has 2 amide bonds. The van der Waals surface area contributed by atoms with E-state index in [1.807, 2.05) is 24.3 Å². The molecule has 0 spiro atoms. The van der Waals surface area contributed by atoms with Gasteiger partial charge < -0.3 is 10.6 Å². The van der Waals surface area contributed by atoms with Crippen LogP contribution in [0.1, 0.15) is 61.3 Å². The van der Waals surface area contributed by atoms with Gasteiger partial charge in [-0.3, -0.25) is 14.7 Å². The van der Waals surface area contributed by atoms with Crippen molar-refractivity contribution in [2.24, 2.45) is 11.8 Å². The zero-order chi connectivity index (χ0) is 19.2. The zero-order valence-electron chi connectivity index (χ0n) is 16.0. The third kappa shape index (κ3) is 5.42. The van der Waals surface area contributed by atoms with E-state index in [4.69, 9.17) is 0 Å². The van der Waals surface area contributed by atoms with Gasteiger partial charge in [-0.05, 0) is 48.9 Å². The van der Waals surface area contributed by atoms with E-state index in [9.17, 15) is 9.59 Å². The number of rotatable bonds is 7. The maximum atomic E-state index is 12.3. The summed E-state index contributed by atoms with van der Waals surface area (Å²) in [4.78, 5) is 24.6. The number of nitrogens with one attached hydrogen (secondary N) is 3. The van der Waals surface area contributed by atoms with Crippen LogP contribution >= 0.6 is 0 Å². The molecule has 0 unspecified atom stereocenters. The van der Waals surface area contributed by atoms with E-state index in [1.165, 1.54) is 0 Å². The third-order valence-corrected chi connectivity index (χ3v) is 4.87. The summed E-state index contributed by atoms with van der Waals surface area (Å²) in [6.45, 7) is 4.64. The molecule has 3 N–H and O–H groups in total. The number of H-pyrrole nitrogens is 1. The molecule has 1 aromatic heterocycles. The minimum Gasteiger partial charge on any atom is -0.347 e. The summed E-state index contributed by atoms with van der Waals surface area (Å²) in [6, 6.07) is 9.40. The summed E-state index contributed by atoms with van der Waals surface area (Å²) in [5, 5.41) is 12.9. The predicted molar refractivity (Wildman–Crippen MR) is 105 cm³/mol. The topological polar surface area (TPSA) is 86.9 Å². The second kappa shape index (κ2) is 8.84. The van der Waals surface area contributed by atoms with Crippen LogP contribution in [0.2, 0.25) is 0 Å². The Balaban J connectivity index is 1.54. The first-order chi connectivity index (χ1) is 13.0. The molecular formula is C21H28N4O2. The first-order valence-electron chi connectivity index (χ1n) is 9.73. The number of hydrogen-bond acceptors (Lipinski definition) is 3. The Labute approximate surface area is 160 Å². The van der Waals surface area contributed by atoms with Crippen molar-refractivity contribution in [3.05, 3.63) is 47.3 Å². The number of carbonyl (C=O) groups excluding carboxylic acids is 2. The van der Waals surface area contributed by atoms with Crippen molar-refractivity contribution < 1.29 is 9.59 Å². The highest BCUT2D eigenvalue weighted by Gasteiger charge is 2.22. The molecule has 0 saturated heterocycles. The van der Waals surface area contributed by atoms with E-state index in [0.717, 1.165) is 49.0 Å². The highest BCUT2D eigenvalue weighted by Crippen LogP contribution is 2.26. The molecule has 3 rings (SSSR count). The normalized spacial score (nSPS) is 14.5. The zero-order valence-corrected chi connectivity index (χ0v) is 16.0. The minimum atomic E-state index is -0.207. The minimum absolute atomic E-state index is 0.0999. The molecule has 144 valence electrons. The number of hydrogen-bond donors (Lipinski definition) is 3. The Bertz CT molecular complexity index is 791. The lowest BCUT2D eigenvalue weighted by Gasteiger charge is -2.11. The van der Waals surface area contributed by atoms with Gasteiger partial charge in [-0.1, -0.05) is 38.8 Å². The number of amides is 2. The summed E-state index contributed by atoms with van der Waals surface area (Å²) in [5.41, 5.74) is 3.08. The molecule has 1 aliphatic rings. The lowest BCUT2D eigenvalue weighted by atomic mass is 10.1. The lowest BCUT2D eigenvalue weighted by Crippen LogP contribution is -2.23. The summed E-state index contributed by atoms with van der Waals surface area (Å²) < 4.78 is 0. The Morgan fingerprint density at radius 1 is 1.22 bits per heavy atom. The Hall–Kier alpha value is -2.63. The number of nitrogens with zero attached hydrogens (tertiary/aromatic N) is 1. The molecule has 1 heterocycles. The average Bonchev–Trinajstić information content (AvgIpc) is 3.31. The van der Waals surface area contributed by atoms with Crippen LogP contribution in [-0.2, 0) is 17.8 Å². The van der Waals surface area contributed by atoms with Crippen LogP contribution in [0, 0.1) is 11.8 Å². The van der Waals surface area contributed by atoms with Gasteiger partial charge in [0.05, 0.1) is 0 Å². The van der Waals surface area contributed by atoms with Gasteiger partial charge in [-0.25, -0.2) is 0 Å². The molecule has 27 heavy (non-hydrogen) atoms. The van der Waals surface area contributed by atoms with E-state index in [-0.39, 0.29) is 17.7 Å². The monoisotopic (exact) mass is 368 g/mol. The lowest BCUT2D eigenvalue weighted by molar-refractivity contribution is -0.119. The van der Waals surface area contributed by atoms with Crippen molar-refractivity contribution in [3.8, 4) is 0 Å². The summed E-state index contributed by atoms with van der Waals surface area (Å²) >= 11 is 0. The van der Waals surface area contributed by atoms with Gasteiger partial charge in [0, 0.05) is 23.8 Å². The molecule has 1 aromatic carbocycles. The molecular weight excluding hydrogens is 340 g/mol. The fourth-order valence-corrected chi connectivity index (χ4v) is 3.49. The highest BCUT2D eigenvalue weighted by molar-refractivity contribution is 5.93. The number of carbonyl (C=O) groups is 2. The van der Waals surface area contributed by atoms with Crippen LogP contribution < -0.4 is 10.6 Å². The molecule has 6 nitrogen and oxygen atoms in total. The summed E-state index contributed by atoms with van der Waals surface area (Å²) in [5.74, 6) is 0.529. The second-order valence-corrected chi connectivity index (χ2v) is 7.73. The summed E-state index contributed by atoms with van der Waals surface area (Å²) in [7, 11) is 0. The first kappa shape index (κ1) is 19.1. The molecule has 1 fully saturated rings. The van der Waals surface area contributed by atoms with E-state index < -0.39 is 0 Å². The third-order valence-electron chi connectivity index (χ3n) is 4.87. The molecule has 0 atom stereocenters. The first-order valence-corrected chi connectivity index (χ1v) is 9.73. The molecule has 1 saturated carbocycles. The number of aromatic nitrogens is 2. The van der Waals surface area contributed by atoms with Crippen LogP contribution in [0.25, 0.3) is 0 Å². The van der Waals surface area contributed by atoms with Gasteiger partial charge >= 0.3 is 0 Å². The Morgan fingerprint density at radius 2 is 2.00 bits per heavy atom. The second-order valence-electron chi connectivity index (χ2n) is 7.73. The molecule has 6 heteroatoms. The maximum Gasteiger partial charge on any atom is 0.272 e. The van der Waals surface area contributed by atoms with E-state index >= 15 is 0 Å². The van der Waals surface area contributed by atoms with Crippen LogP contribution in [0.15, 0.2) is 30.3 Å². The molecule has 2 aromatic rings. The van der Waals surface area contributed by atoms with Gasteiger partial charge in [0.1, 0.15) is 5.69 Å². The molecule has 0 bridgehead atoms. The van der Waals surface area contributed by atoms with Gasteiger partial charge in [-0.15, -0.1) is 0 Å². The van der Waals surface area contributed by atoms with E-state index in [0.29, 0.717) is 18.2 Å². The van der Waals surface area contributed by atoms with Crippen molar-refractivity contribution in [2.45, 2.75) is 52.5 Å². The van der Waals surface area contributed by atoms with Gasteiger partial charge in [-0.2, -0.15) is 5.10 Å². The smallest absolute Gasteiger partial charge is 0.272 e. The van der Waals surface area contributed by atoms with Crippen LogP contribution in [0.4, 0.5) is 5.69 Å².